The van der Waals surface area contributed by atoms with Crippen LogP contribution in [0.4, 0.5) is 5.69 Å². The summed E-state index contributed by atoms with van der Waals surface area (Å²) in [5, 5.41) is 4.30. The number of carbonyl (C=O) groups is 1. The molecule has 6 heteroatoms. The van der Waals surface area contributed by atoms with Crippen LogP contribution in [0.15, 0.2) is 18.2 Å². The molecule has 0 aliphatic rings. The first-order chi connectivity index (χ1) is 10.4. The molecule has 0 fully saturated rings. The minimum atomic E-state index is -0.261. The Hall–Kier alpha value is -1.16. The number of anilines is 1. The first-order valence-corrected chi connectivity index (χ1v) is 8.16. The topological polar surface area (TPSA) is 34.0 Å². The number of nitrogens with zero attached hydrogens (tertiary/aromatic N) is 1. The summed E-state index contributed by atoms with van der Waals surface area (Å²) in [6.07, 6.45) is 1.53. The van der Waals surface area contributed by atoms with E-state index in [1.165, 1.54) is 0 Å². The number of rotatable bonds is 4. The average Bonchev–Trinajstić information content (AvgIpc) is 2.75. The van der Waals surface area contributed by atoms with Gasteiger partial charge in [-0.3, -0.25) is 4.79 Å². The van der Waals surface area contributed by atoms with Crippen LogP contribution in [0.1, 0.15) is 35.5 Å². The highest BCUT2D eigenvalue weighted by Gasteiger charge is 2.19. The predicted molar refractivity (Wildman–Crippen MR) is 93.6 cm³/mol. The molecule has 0 aliphatic carbocycles. The average molecular weight is 360 g/mol. The maximum absolute atomic E-state index is 12.6. The van der Waals surface area contributed by atoms with Crippen molar-refractivity contribution in [1.29, 1.82) is 0 Å². The van der Waals surface area contributed by atoms with Crippen LogP contribution in [-0.4, -0.2) is 10.5 Å². The molecule has 1 heterocycles. The number of aromatic nitrogens is 1. The van der Waals surface area contributed by atoms with Gasteiger partial charge in [0, 0.05) is 17.8 Å². The van der Waals surface area contributed by atoms with Crippen molar-refractivity contribution in [2.24, 2.45) is 7.05 Å². The monoisotopic (exact) mass is 358 g/mol. The van der Waals surface area contributed by atoms with E-state index in [9.17, 15) is 4.79 Å². The Kier molecular flexibility index (Phi) is 5.43. The van der Waals surface area contributed by atoms with Crippen LogP contribution < -0.4 is 5.32 Å². The summed E-state index contributed by atoms with van der Waals surface area (Å²) in [6.45, 7) is 4.04. The first kappa shape index (κ1) is 17.2. The van der Waals surface area contributed by atoms with E-state index >= 15 is 0 Å². The van der Waals surface area contributed by atoms with Crippen LogP contribution >= 0.6 is 34.8 Å². The second kappa shape index (κ2) is 6.95. The largest absolute Gasteiger partial charge is 0.329 e. The van der Waals surface area contributed by atoms with Crippen LogP contribution in [0.5, 0.6) is 0 Å². The van der Waals surface area contributed by atoms with Gasteiger partial charge in [0.05, 0.1) is 5.02 Å². The van der Waals surface area contributed by atoms with Crippen LogP contribution in [0, 0.1) is 0 Å². The van der Waals surface area contributed by atoms with Gasteiger partial charge in [0.15, 0.2) is 0 Å². The van der Waals surface area contributed by atoms with Gasteiger partial charge in [-0.15, -0.1) is 0 Å². The second-order valence-corrected chi connectivity index (χ2v) is 6.12. The van der Waals surface area contributed by atoms with Crippen molar-refractivity contribution >= 4 is 46.4 Å². The summed E-state index contributed by atoms with van der Waals surface area (Å²) in [5.74, 6) is -0.261. The molecule has 0 unspecified atom stereocenters. The van der Waals surface area contributed by atoms with Gasteiger partial charge in [-0.05, 0) is 36.1 Å². The Morgan fingerprint density at radius 2 is 1.82 bits per heavy atom. The van der Waals surface area contributed by atoms with Gasteiger partial charge >= 0.3 is 0 Å². The van der Waals surface area contributed by atoms with Crippen molar-refractivity contribution in [3.05, 3.63) is 50.2 Å². The number of hydrogen-bond acceptors (Lipinski definition) is 1. The van der Waals surface area contributed by atoms with Crippen LogP contribution in [0.2, 0.25) is 15.2 Å². The van der Waals surface area contributed by atoms with Gasteiger partial charge in [-0.1, -0.05) is 54.7 Å². The number of halogens is 3. The van der Waals surface area contributed by atoms with Crippen molar-refractivity contribution in [3.63, 3.8) is 0 Å². The van der Waals surface area contributed by atoms with Crippen molar-refractivity contribution < 1.29 is 4.79 Å². The molecule has 1 amide bonds. The fourth-order valence-electron chi connectivity index (χ4n) is 2.40. The Bertz CT molecular complexity index is 723. The number of nitrogens with one attached hydrogen (secondary N) is 1. The van der Waals surface area contributed by atoms with Crippen LogP contribution in [0.3, 0.4) is 0 Å². The lowest BCUT2D eigenvalue weighted by Gasteiger charge is -2.16. The summed E-state index contributed by atoms with van der Waals surface area (Å²) in [6, 6.07) is 5.36. The van der Waals surface area contributed by atoms with E-state index in [4.69, 9.17) is 34.8 Å². The molecule has 1 N–H and O–H groups in total. The molecule has 1 aromatic carbocycles. The van der Waals surface area contributed by atoms with Crippen molar-refractivity contribution in [2.45, 2.75) is 26.7 Å². The Balaban J connectivity index is 2.43. The molecular formula is C16H17Cl3N2O. The Labute approximate surface area is 145 Å². The third kappa shape index (κ3) is 3.12. The number of benzene rings is 1. The number of amides is 1. The summed E-state index contributed by atoms with van der Waals surface area (Å²) < 4.78 is 1.56. The van der Waals surface area contributed by atoms with Crippen LogP contribution in [-0.2, 0) is 19.9 Å². The zero-order chi connectivity index (χ0) is 16.4. The van der Waals surface area contributed by atoms with Gasteiger partial charge in [0.2, 0.25) is 0 Å². The fourth-order valence-corrected chi connectivity index (χ4v) is 3.07. The summed E-state index contributed by atoms with van der Waals surface area (Å²) >= 11 is 18.2. The number of aryl methyl sites for hydroxylation is 1. The van der Waals surface area contributed by atoms with Gasteiger partial charge in [0.25, 0.3) is 5.91 Å². The molecule has 3 nitrogen and oxygen atoms in total. The minimum Gasteiger partial charge on any atom is -0.329 e. The Morgan fingerprint density at radius 1 is 1.14 bits per heavy atom. The molecule has 0 saturated carbocycles. The SMILES string of the molecule is CCc1ccc(Cl)c(CC)c1NC(=O)c1cc(Cl)c(Cl)n1C. The molecule has 0 aliphatic heterocycles. The third-order valence-electron chi connectivity index (χ3n) is 3.66. The van der Waals surface area contributed by atoms with Crippen molar-refractivity contribution in [1.82, 2.24) is 4.57 Å². The lowest BCUT2D eigenvalue weighted by atomic mass is 10.0. The normalized spacial score (nSPS) is 10.8. The maximum atomic E-state index is 12.6. The van der Waals surface area contributed by atoms with E-state index < -0.39 is 0 Å². The third-order valence-corrected chi connectivity index (χ3v) is 4.86. The van der Waals surface area contributed by atoms with E-state index in [1.54, 1.807) is 17.7 Å². The summed E-state index contributed by atoms with van der Waals surface area (Å²) in [5.41, 5.74) is 3.15. The molecule has 0 bridgehead atoms. The molecule has 2 rings (SSSR count). The standard InChI is InChI=1S/C16H17Cl3N2O/c1-4-9-6-7-11(17)10(5-2)14(9)20-16(22)13-8-12(18)15(19)21(13)3/h6-8H,4-5H2,1-3H3,(H,20,22). The van der Waals surface area contributed by atoms with Crippen LogP contribution in [0.25, 0.3) is 0 Å². The first-order valence-electron chi connectivity index (χ1n) is 7.02. The quantitative estimate of drug-likeness (QED) is 0.783. The number of carbonyl (C=O) groups excluding carboxylic acids is 1. The Morgan fingerprint density at radius 3 is 2.32 bits per heavy atom. The van der Waals surface area contributed by atoms with E-state index in [-0.39, 0.29) is 5.91 Å². The molecule has 0 saturated heterocycles. The smallest absolute Gasteiger partial charge is 0.272 e. The molecule has 0 radical (unpaired) electrons. The fraction of sp³-hybridized carbons (Fsp3) is 0.312. The zero-order valence-corrected chi connectivity index (χ0v) is 14.9. The summed E-state index contributed by atoms with van der Waals surface area (Å²) in [7, 11) is 1.70. The van der Waals surface area contributed by atoms with Crippen molar-refractivity contribution in [3.8, 4) is 0 Å². The zero-order valence-electron chi connectivity index (χ0n) is 12.6. The molecular weight excluding hydrogens is 343 g/mol. The summed E-state index contributed by atoms with van der Waals surface area (Å²) in [4.78, 5) is 12.6. The van der Waals surface area contributed by atoms with E-state index in [1.807, 2.05) is 26.0 Å². The van der Waals surface area contributed by atoms with Gasteiger partial charge in [0.1, 0.15) is 10.8 Å². The van der Waals surface area contributed by atoms with Crippen molar-refractivity contribution in [2.75, 3.05) is 5.32 Å². The maximum Gasteiger partial charge on any atom is 0.272 e. The predicted octanol–water partition coefficient (Wildman–Crippen LogP) is 5.36. The highest BCUT2D eigenvalue weighted by molar-refractivity contribution is 6.42. The minimum absolute atomic E-state index is 0.261. The van der Waals surface area contributed by atoms with Gasteiger partial charge in [-0.2, -0.15) is 0 Å². The van der Waals surface area contributed by atoms with E-state index in [2.05, 4.69) is 5.32 Å². The molecule has 0 atom stereocenters. The molecule has 118 valence electrons. The highest BCUT2D eigenvalue weighted by atomic mass is 35.5. The van der Waals surface area contributed by atoms with E-state index in [0.29, 0.717) is 20.9 Å². The second-order valence-electron chi connectivity index (χ2n) is 4.95. The highest BCUT2D eigenvalue weighted by Crippen LogP contribution is 2.31. The lowest BCUT2D eigenvalue weighted by Crippen LogP contribution is -2.18. The van der Waals surface area contributed by atoms with Gasteiger partial charge in [-0.25, -0.2) is 0 Å². The molecule has 22 heavy (non-hydrogen) atoms. The number of hydrogen-bond donors (Lipinski definition) is 1. The molecule has 2 aromatic rings. The van der Waals surface area contributed by atoms with Gasteiger partial charge < -0.3 is 9.88 Å². The lowest BCUT2D eigenvalue weighted by molar-refractivity contribution is 0.101. The van der Waals surface area contributed by atoms with E-state index in [0.717, 1.165) is 29.7 Å². The molecule has 0 spiro atoms. The molecule has 1 aromatic heterocycles.